The first-order valence-electron chi connectivity index (χ1n) is 10.1. The zero-order chi connectivity index (χ0) is 19.9. The smallest absolute Gasteiger partial charge is 0.236 e. The Bertz CT molecular complexity index is 889. The second-order valence-corrected chi connectivity index (χ2v) is 8.90. The third-order valence-electron chi connectivity index (χ3n) is 4.94. The second kappa shape index (κ2) is 11.8. The van der Waals surface area contributed by atoms with Crippen LogP contribution in [0.5, 0.6) is 0 Å². The monoisotopic (exact) mass is 557 g/mol. The Kier molecular flexibility index (Phi) is 9.16. The summed E-state index contributed by atoms with van der Waals surface area (Å²) < 4.78 is 5.60. The van der Waals surface area contributed by atoms with E-state index in [0.717, 1.165) is 29.6 Å². The molecule has 6 nitrogen and oxygen atoms in total. The van der Waals surface area contributed by atoms with E-state index in [2.05, 4.69) is 45.0 Å². The van der Waals surface area contributed by atoms with Crippen LogP contribution in [0.1, 0.15) is 36.4 Å². The van der Waals surface area contributed by atoms with Crippen LogP contribution in [0, 0.1) is 0 Å². The molecule has 4 heterocycles. The number of guanidine groups is 1. The quantitative estimate of drug-likeness (QED) is 0.233. The minimum Gasteiger partial charge on any atom is -0.443 e. The number of hydrogen-bond acceptors (Lipinski definition) is 6. The number of halogens is 1. The molecule has 0 bridgehead atoms. The molecule has 0 aromatic carbocycles. The molecule has 162 valence electrons. The highest BCUT2D eigenvalue weighted by Crippen LogP contribution is 2.28. The SMILES string of the molecule is CCNC(=NCc1coc(-c2cccs2)n1)NCC(c1cccs1)N1CCCC1.I. The molecule has 30 heavy (non-hydrogen) atoms. The summed E-state index contributed by atoms with van der Waals surface area (Å²) in [6.07, 6.45) is 4.27. The van der Waals surface area contributed by atoms with Gasteiger partial charge in [0.1, 0.15) is 12.0 Å². The first kappa shape index (κ1) is 23.2. The predicted molar refractivity (Wildman–Crippen MR) is 136 cm³/mol. The highest BCUT2D eigenvalue weighted by Gasteiger charge is 2.24. The first-order chi connectivity index (χ1) is 14.3. The van der Waals surface area contributed by atoms with Gasteiger partial charge in [-0.15, -0.1) is 46.7 Å². The van der Waals surface area contributed by atoms with Crippen molar-refractivity contribution in [2.24, 2.45) is 4.99 Å². The van der Waals surface area contributed by atoms with Gasteiger partial charge >= 0.3 is 0 Å². The Labute approximate surface area is 202 Å². The molecule has 0 amide bonds. The molecule has 0 radical (unpaired) electrons. The molecule has 2 N–H and O–H groups in total. The van der Waals surface area contributed by atoms with Crippen molar-refractivity contribution in [3.63, 3.8) is 0 Å². The number of oxazole rings is 1. The van der Waals surface area contributed by atoms with Crippen molar-refractivity contribution in [1.29, 1.82) is 0 Å². The molecule has 0 saturated carbocycles. The molecular weight excluding hydrogens is 529 g/mol. The lowest BCUT2D eigenvalue weighted by Gasteiger charge is -2.27. The van der Waals surface area contributed by atoms with Crippen molar-refractivity contribution in [2.75, 3.05) is 26.2 Å². The van der Waals surface area contributed by atoms with E-state index in [-0.39, 0.29) is 24.0 Å². The van der Waals surface area contributed by atoms with E-state index in [1.807, 2.05) is 28.8 Å². The summed E-state index contributed by atoms with van der Waals surface area (Å²) in [6.45, 7) is 6.56. The highest BCUT2D eigenvalue weighted by atomic mass is 127. The second-order valence-electron chi connectivity index (χ2n) is 6.97. The van der Waals surface area contributed by atoms with Gasteiger partial charge in [-0.05, 0) is 55.7 Å². The molecular formula is C21H28IN5OS2. The summed E-state index contributed by atoms with van der Waals surface area (Å²) in [7, 11) is 0. The number of aliphatic imine (C=N–C) groups is 1. The van der Waals surface area contributed by atoms with Crippen LogP contribution in [0.2, 0.25) is 0 Å². The van der Waals surface area contributed by atoms with Crippen LogP contribution in [-0.4, -0.2) is 42.0 Å². The molecule has 0 aliphatic carbocycles. The molecule has 1 unspecified atom stereocenters. The topological polar surface area (TPSA) is 65.7 Å². The van der Waals surface area contributed by atoms with Crippen molar-refractivity contribution < 1.29 is 4.42 Å². The van der Waals surface area contributed by atoms with Gasteiger partial charge in [-0.3, -0.25) is 4.90 Å². The Morgan fingerprint density at radius 1 is 1.20 bits per heavy atom. The number of aromatic nitrogens is 1. The lowest BCUT2D eigenvalue weighted by atomic mass is 10.2. The third kappa shape index (κ3) is 6.05. The Morgan fingerprint density at radius 2 is 2.00 bits per heavy atom. The summed E-state index contributed by atoms with van der Waals surface area (Å²) in [4.78, 5) is 14.3. The number of nitrogens with zero attached hydrogens (tertiary/aromatic N) is 3. The zero-order valence-electron chi connectivity index (χ0n) is 17.0. The summed E-state index contributed by atoms with van der Waals surface area (Å²) >= 11 is 3.45. The van der Waals surface area contributed by atoms with Gasteiger partial charge in [-0.25, -0.2) is 9.98 Å². The molecule has 3 aromatic rings. The number of likely N-dealkylation sites (tertiary alicyclic amines) is 1. The molecule has 4 rings (SSSR count). The standard InChI is InChI=1S/C21H27N5OS2.HI/c1-2-22-21(23-13-16-15-27-20(25-16)19-8-6-12-29-19)24-14-17(18-7-5-11-28-18)26-9-3-4-10-26;/h5-8,11-12,15,17H,2-4,9-10,13-14H2,1H3,(H2,22,23,24);1H. The van der Waals surface area contributed by atoms with Crippen LogP contribution in [-0.2, 0) is 6.54 Å². The van der Waals surface area contributed by atoms with Gasteiger partial charge < -0.3 is 15.1 Å². The Balaban J connectivity index is 0.00000256. The first-order valence-corrected chi connectivity index (χ1v) is 11.9. The zero-order valence-corrected chi connectivity index (χ0v) is 21.0. The minimum atomic E-state index is 0. The van der Waals surface area contributed by atoms with Crippen molar-refractivity contribution in [2.45, 2.75) is 32.4 Å². The van der Waals surface area contributed by atoms with E-state index in [9.17, 15) is 0 Å². The Morgan fingerprint density at radius 3 is 2.70 bits per heavy atom. The number of rotatable bonds is 8. The maximum atomic E-state index is 5.60. The molecule has 1 aliphatic rings. The maximum Gasteiger partial charge on any atom is 0.236 e. The maximum absolute atomic E-state index is 5.60. The lowest BCUT2D eigenvalue weighted by molar-refractivity contribution is 0.249. The molecule has 9 heteroatoms. The fourth-order valence-corrected chi connectivity index (χ4v) is 5.05. The van der Waals surface area contributed by atoms with Crippen LogP contribution in [0.4, 0.5) is 0 Å². The van der Waals surface area contributed by atoms with Gasteiger partial charge in [-0.1, -0.05) is 12.1 Å². The van der Waals surface area contributed by atoms with E-state index in [1.165, 1.54) is 30.8 Å². The van der Waals surface area contributed by atoms with Gasteiger partial charge in [0.05, 0.1) is 17.5 Å². The van der Waals surface area contributed by atoms with Gasteiger partial charge in [0.15, 0.2) is 5.96 Å². The number of thiophene rings is 2. The van der Waals surface area contributed by atoms with E-state index < -0.39 is 0 Å². The highest BCUT2D eigenvalue weighted by molar-refractivity contribution is 14.0. The van der Waals surface area contributed by atoms with Crippen LogP contribution < -0.4 is 10.6 Å². The molecule has 3 aromatic heterocycles. The molecule has 1 saturated heterocycles. The van der Waals surface area contributed by atoms with E-state index in [0.29, 0.717) is 18.5 Å². The summed E-state index contributed by atoms with van der Waals surface area (Å²) in [5, 5.41) is 11.1. The Hall–Kier alpha value is -1.43. The van der Waals surface area contributed by atoms with Crippen LogP contribution in [0.3, 0.4) is 0 Å². The van der Waals surface area contributed by atoms with Crippen molar-refractivity contribution in [1.82, 2.24) is 20.5 Å². The van der Waals surface area contributed by atoms with E-state index in [1.54, 1.807) is 17.6 Å². The van der Waals surface area contributed by atoms with Gasteiger partial charge in [0.2, 0.25) is 5.89 Å². The summed E-state index contributed by atoms with van der Waals surface area (Å²) in [6, 6.07) is 8.77. The largest absolute Gasteiger partial charge is 0.443 e. The van der Waals surface area contributed by atoms with Crippen molar-refractivity contribution >= 4 is 52.6 Å². The fraction of sp³-hybridized carbons (Fsp3) is 0.429. The van der Waals surface area contributed by atoms with Gasteiger partial charge in [0.25, 0.3) is 0 Å². The van der Waals surface area contributed by atoms with Gasteiger partial charge in [0, 0.05) is 18.0 Å². The van der Waals surface area contributed by atoms with E-state index in [4.69, 9.17) is 9.41 Å². The van der Waals surface area contributed by atoms with Crippen LogP contribution in [0.15, 0.2) is 50.7 Å². The van der Waals surface area contributed by atoms with Crippen LogP contribution >= 0.6 is 46.7 Å². The van der Waals surface area contributed by atoms with Gasteiger partial charge in [-0.2, -0.15) is 0 Å². The number of nitrogens with one attached hydrogen (secondary N) is 2. The lowest BCUT2D eigenvalue weighted by Crippen LogP contribution is -2.42. The average molecular weight is 558 g/mol. The van der Waals surface area contributed by atoms with E-state index >= 15 is 0 Å². The number of hydrogen-bond donors (Lipinski definition) is 2. The summed E-state index contributed by atoms with van der Waals surface area (Å²) in [5.41, 5.74) is 0.833. The normalized spacial score (nSPS) is 15.7. The van der Waals surface area contributed by atoms with Crippen molar-refractivity contribution in [3.8, 4) is 10.8 Å². The third-order valence-corrected chi connectivity index (χ3v) is 6.77. The molecule has 0 spiro atoms. The molecule has 1 atom stereocenters. The average Bonchev–Trinajstić information content (AvgIpc) is 3.54. The minimum absolute atomic E-state index is 0. The fourth-order valence-electron chi connectivity index (χ4n) is 3.53. The predicted octanol–water partition coefficient (Wildman–Crippen LogP) is 4.97. The van der Waals surface area contributed by atoms with Crippen molar-refractivity contribution in [3.05, 3.63) is 51.9 Å². The molecule has 1 aliphatic heterocycles. The molecule has 1 fully saturated rings. The van der Waals surface area contributed by atoms with Crippen LogP contribution in [0.25, 0.3) is 10.8 Å². The summed E-state index contributed by atoms with van der Waals surface area (Å²) in [5.74, 6) is 1.48.